The zero-order chi connectivity index (χ0) is 13.1. The highest BCUT2D eigenvalue weighted by molar-refractivity contribution is 6.33. The number of aromatic nitrogens is 3. The van der Waals surface area contributed by atoms with Crippen LogP contribution >= 0.6 is 11.6 Å². The summed E-state index contributed by atoms with van der Waals surface area (Å²) in [5.74, 6) is 0.933. The van der Waals surface area contributed by atoms with E-state index in [1.165, 1.54) is 0 Å². The number of anilines is 2. The number of hydrogen-bond acceptors (Lipinski definition) is 5. The Morgan fingerprint density at radius 3 is 2.32 bits per heavy atom. The zero-order valence-electron chi connectivity index (χ0n) is 10.4. The first kappa shape index (κ1) is 12.2. The van der Waals surface area contributed by atoms with Gasteiger partial charge in [0.2, 0.25) is 0 Å². The van der Waals surface area contributed by atoms with E-state index in [2.05, 4.69) is 24.8 Å². The van der Waals surface area contributed by atoms with Crippen LogP contribution in [0.15, 0.2) is 37.1 Å². The summed E-state index contributed by atoms with van der Waals surface area (Å²) in [6, 6.07) is 1.96. The standard InChI is InChI=1S/C13H14ClN5/c14-11-9-15-2-1-12(11)18-5-7-19(8-6-18)13-10-16-3-4-17-13/h1-4,9-10H,5-8H2. The second-order valence-corrected chi connectivity index (χ2v) is 4.77. The van der Waals surface area contributed by atoms with E-state index in [1.54, 1.807) is 31.0 Å². The monoisotopic (exact) mass is 275 g/mol. The van der Waals surface area contributed by atoms with Crippen LogP contribution in [0.3, 0.4) is 0 Å². The Morgan fingerprint density at radius 1 is 0.895 bits per heavy atom. The topological polar surface area (TPSA) is 45.2 Å². The van der Waals surface area contributed by atoms with Crippen molar-refractivity contribution in [2.45, 2.75) is 0 Å². The molecule has 98 valence electrons. The summed E-state index contributed by atoms with van der Waals surface area (Å²) in [4.78, 5) is 17.0. The molecule has 3 heterocycles. The van der Waals surface area contributed by atoms with Gasteiger partial charge in [-0.2, -0.15) is 0 Å². The van der Waals surface area contributed by atoms with Crippen molar-refractivity contribution in [3.63, 3.8) is 0 Å². The molecule has 0 spiro atoms. The lowest BCUT2D eigenvalue weighted by molar-refractivity contribution is 0.646. The molecule has 5 nitrogen and oxygen atoms in total. The van der Waals surface area contributed by atoms with Crippen molar-refractivity contribution in [1.29, 1.82) is 0 Å². The van der Waals surface area contributed by atoms with Gasteiger partial charge in [0.15, 0.2) is 0 Å². The van der Waals surface area contributed by atoms with Gasteiger partial charge in [-0.3, -0.25) is 9.97 Å². The first-order chi connectivity index (χ1) is 9.34. The number of nitrogens with zero attached hydrogens (tertiary/aromatic N) is 5. The Kier molecular flexibility index (Phi) is 3.46. The number of rotatable bonds is 2. The van der Waals surface area contributed by atoms with Crippen molar-refractivity contribution >= 4 is 23.1 Å². The third-order valence-corrected chi connectivity index (χ3v) is 3.54. The second-order valence-electron chi connectivity index (χ2n) is 4.36. The molecule has 1 saturated heterocycles. The summed E-state index contributed by atoms with van der Waals surface area (Å²) in [5, 5.41) is 0.704. The van der Waals surface area contributed by atoms with Gasteiger partial charge in [0.05, 0.1) is 16.9 Å². The highest BCUT2D eigenvalue weighted by atomic mass is 35.5. The van der Waals surface area contributed by atoms with Crippen molar-refractivity contribution < 1.29 is 0 Å². The van der Waals surface area contributed by atoms with Crippen LogP contribution in [0.1, 0.15) is 0 Å². The summed E-state index contributed by atoms with van der Waals surface area (Å²) in [6.07, 6.45) is 8.68. The third-order valence-electron chi connectivity index (χ3n) is 3.24. The first-order valence-corrected chi connectivity index (χ1v) is 6.58. The van der Waals surface area contributed by atoms with E-state index in [9.17, 15) is 0 Å². The largest absolute Gasteiger partial charge is 0.367 e. The van der Waals surface area contributed by atoms with Crippen LogP contribution in [0.2, 0.25) is 5.02 Å². The summed E-state index contributed by atoms with van der Waals surface area (Å²) in [7, 11) is 0. The molecule has 0 radical (unpaired) electrons. The third kappa shape index (κ3) is 2.61. The van der Waals surface area contributed by atoms with Gasteiger partial charge >= 0.3 is 0 Å². The molecule has 2 aromatic heterocycles. The molecule has 0 aliphatic carbocycles. The Bertz CT molecular complexity index is 540. The molecular formula is C13H14ClN5. The maximum absolute atomic E-state index is 6.17. The van der Waals surface area contributed by atoms with Crippen molar-refractivity contribution in [3.05, 3.63) is 42.1 Å². The van der Waals surface area contributed by atoms with Crippen LogP contribution < -0.4 is 9.80 Å². The molecule has 0 bridgehead atoms. The normalized spacial score (nSPS) is 15.6. The van der Waals surface area contributed by atoms with Crippen LogP contribution in [0, 0.1) is 0 Å². The van der Waals surface area contributed by atoms with E-state index in [4.69, 9.17) is 11.6 Å². The summed E-state index contributed by atoms with van der Waals surface area (Å²) < 4.78 is 0. The number of pyridine rings is 1. The average molecular weight is 276 g/mol. The zero-order valence-corrected chi connectivity index (χ0v) is 11.2. The van der Waals surface area contributed by atoms with Gasteiger partial charge in [0, 0.05) is 51.0 Å². The Balaban J connectivity index is 1.69. The Hall–Kier alpha value is -1.88. The molecule has 0 unspecified atom stereocenters. The van der Waals surface area contributed by atoms with Gasteiger partial charge in [-0.05, 0) is 6.07 Å². The molecule has 0 saturated carbocycles. The Morgan fingerprint density at radius 2 is 1.63 bits per heavy atom. The number of piperazine rings is 1. The molecule has 1 aliphatic rings. The molecule has 0 atom stereocenters. The maximum Gasteiger partial charge on any atom is 0.147 e. The fourth-order valence-electron chi connectivity index (χ4n) is 2.26. The van der Waals surface area contributed by atoms with Crippen molar-refractivity contribution in [2.24, 2.45) is 0 Å². The summed E-state index contributed by atoms with van der Waals surface area (Å²) in [5.41, 5.74) is 1.05. The minimum Gasteiger partial charge on any atom is -0.367 e. The minimum atomic E-state index is 0.704. The molecular weight excluding hydrogens is 262 g/mol. The molecule has 2 aromatic rings. The van der Waals surface area contributed by atoms with Gasteiger partial charge in [0.25, 0.3) is 0 Å². The molecule has 0 aromatic carbocycles. The Labute approximate surface area is 116 Å². The number of hydrogen-bond donors (Lipinski definition) is 0. The van der Waals surface area contributed by atoms with Crippen molar-refractivity contribution in [3.8, 4) is 0 Å². The first-order valence-electron chi connectivity index (χ1n) is 6.20. The summed E-state index contributed by atoms with van der Waals surface area (Å²) >= 11 is 6.17. The highest BCUT2D eigenvalue weighted by Crippen LogP contribution is 2.25. The van der Waals surface area contributed by atoms with Crippen LogP contribution in [0.5, 0.6) is 0 Å². The van der Waals surface area contributed by atoms with Gasteiger partial charge < -0.3 is 9.80 Å². The summed E-state index contributed by atoms with van der Waals surface area (Å²) in [6.45, 7) is 3.66. The highest BCUT2D eigenvalue weighted by Gasteiger charge is 2.19. The fraction of sp³-hybridized carbons (Fsp3) is 0.308. The van der Waals surface area contributed by atoms with E-state index in [0.29, 0.717) is 5.02 Å². The molecule has 0 amide bonds. The van der Waals surface area contributed by atoms with Gasteiger partial charge in [-0.25, -0.2) is 4.98 Å². The van der Waals surface area contributed by atoms with Crippen molar-refractivity contribution in [2.75, 3.05) is 36.0 Å². The predicted octanol–water partition coefficient (Wildman–Crippen LogP) is 1.85. The predicted molar refractivity (Wildman–Crippen MR) is 75.7 cm³/mol. The van der Waals surface area contributed by atoms with Crippen LogP contribution in [0.25, 0.3) is 0 Å². The van der Waals surface area contributed by atoms with E-state index in [0.717, 1.165) is 37.7 Å². The molecule has 19 heavy (non-hydrogen) atoms. The van der Waals surface area contributed by atoms with Crippen LogP contribution in [0.4, 0.5) is 11.5 Å². The molecule has 6 heteroatoms. The van der Waals surface area contributed by atoms with E-state index >= 15 is 0 Å². The van der Waals surface area contributed by atoms with E-state index < -0.39 is 0 Å². The lowest BCUT2D eigenvalue weighted by atomic mass is 10.2. The van der Waals surface area contributed by atoms with Gasteiger partial charge in [0.1, 0.15) is 5.82 Å². The van der Waals surface area contributed by atoms with E-state index in [1.807, 2.05) is 6.07 Å². The fourth-order valence-corrected chi connectivity index (χ4v) is 2.49. The SMILES string of the molecule is Clc1cnccc1N1CCN(c2cnccn2)CC1. The molecule has 1 fully saturated rings. The number of halogens is 1. The van der Waals surface area contributed by atoms with Crippen molar-refractivity contribution in [1.82, 2.24) is 15.0 Å². The van der Waals surface area contributed by atoms with Gasteiger partial charge in [-0.1, -0.05) is 11.6 Å². The van der Waals surface area contributed by atoms with Crippen LogP contribution in [-0.2, 0) is 0 Å². The molecule has 3 rings (SSSR count). The molecule has 0 N–H and O–H groups in total. The quantitative estimate of drug-likeness (QED) is 0.837. The average Bonchev–Trinajstić information content (AvgIpc) is 2.49. The smallest absolute Gasteiger partial charge is 0.147 e. The van der Waals surface area contributed by atoms with Gasteiger partial charge in [-0.15, -0.1) is 0 Å². The lowest BCUT2D eigenvalue weighted by Gasteiger charge is -2.36. The molecule has 1 aliphatic heterocycles. The second kappa shape index (κ2) is 5.40. The minimum absolute atomic E-state index is 0.704. The van der Waals surface area contributed by atoms with E-state index in [-0.39, 0.29) is 0 Å². The maximum atomic E-state index is 6.17. The van der Waals surface area contributed by atoms with Crippen LogP contribution in [-0.4, -0.2) is 41.1 Å². The lowest BCUT2D eigenvalue weighted by Crippen LogP contribution is -2.47.